The molecule has 0 fully saturated rings. The quantitative estimate of drug-likeness (QED) is 0.458. The predicted octanol–water partition coefficient (Wildman–Crippen LogP) is 4.26. The van der Waals surface area contributed by atoms with Gasteiger partial charge in [-0.3, -0.25) is 14.4 Å². The first kappa shape index (κ1) is 24.4. The van der Waals surface area contributed by atoms with Gasteiger partial charge in [0.1, 0.15) is 12.3 Å². The zero-order chi connectivity index (χ0) is 24.5. The number of rotatable bonds is 9. The van der Waals surface area contributed by atoms with Crippen molar-refractivity contribution in [3.05, 3.63) is 84.4 Å². The first-order valence-corrected chi connectivity index (χ1v) is 10.3. The molecule has 9 heteroatoms. The van der Waals surface area contributed by atoms with Gasteiger partial charge in [0.25, 0.3) is 11.8 Å². The van der Waals surface area contributed by atoms with Crippen LogP contribution in [0.15, 0.2) is 78.9 Å². The number of carbonyl (C=O) groups is 3. The summed E-state index contributed by atoms with van der Waals surface area (Å²) >= 11 is 0. The molecule has 176 valence electrons. The first-order valence-electron chi connectivity index (χ1n) is 10.3. The summed E-state index contributed by atoms with van der Waals surface area (Å²) in [6.07, 6.45) is -1.24. The molecule has 1 unspecified atom stereocenters. The molecule has 1 atom stereocenters. The minimum atomic E-state index is -3.06. The molecule has 0 radical (unpaired) electrons. The maximum atomic E-state index is 12.5. The van der Waals surface area contributed by atoms with Crippen LogP contribution in [0.3, 0.4) is 0 Å². The largest absolute Gasteiger partial charge is 0.451 e. The summed E-state index contributed by atoms with van der Waals surface area (Å²) in [5.74, 6) is -2.29. The van der Waals surface area contributed by atoms with Gasteiger partial charge < -0.3 is 20.1 Å². The second kappa shape index (κ2) is 11.6. The number of halogens is 2. The van der Waals surface area contributed by atoms with Gasteiger partial charge in [-0.15, -0.1) is 0 Å². The van der Waals surface area contributed by atoms with E-state index in [9.17, 15) is 23.2 Å². The molecule has 0 saturated carbocycles. The van der Waals surface area contributed by atoms with Crippen LogP contribution in [-0.4, -0.2) is 37.0 Å². The zero-order valence-electron chi connectivity index (χ0n) is 18.2. The van der Waals surface area contributed by atoms with Gasteiger partial charge in [-0.05, 0) is 42.3 Å². The van der Waals surface area contributed by atoms with Crippen LogP contribution in [0.4, 0.5) is 14.5 Å². The Morgan fingerprint density at radius 3 is 2.15 bits per heavy atom. The van der Waals surface area contributed by atoms with Crippen LogP contribution in [0, 0.1) is 0 Å². The molecule has 0 bridgehead atoms. The highest BCUT2D eigenvalue weighted by molar-refractivity contribution is 5.98. The lowest BCUT2D eigenvalue weighted by Crippen LogP contribution is -2.35. The molecule has 0 spiro atoms. The van der Waals surface area contributed by atoms with E-state index in [1.807, 2.05) is 30.3 Å². The minimum Gasteiger partial charge on any atom is -0.451 e. The molecule has 0 heterocycles. The van der Waals surface area contributed by atoms with Crippen LogP contribution in [-0.2, 0) is 14.3 Å². The lowest BCUT2D eigenvalue weighted by atomic mass is 10.0. The SMILES string of the molecule is CC(OC(=O)CNC(=O)c1ccc(-c2ccccc2)cc1)C(=O)Nc1ccccc1OC(F)F. The van der Waals surface area contributed by atoms with E-state index < -0.39 is 37.0 Å². The Balaban J connectivity index is 1.49. The highest BCUT2D eigenvalue weighted by Crippen LogP contribution is 2.25. The molecule has 34 heavy (non-hydrogen) atoms. The number of benzene rings is 3. The van der Waals surface area contributed by atoms with Crippen LogP contribution in [0.5, 0.6) is 5.75 Å². The second-order valence-electron chi connectivity index (χ2n) is 7.12. The molecule has 0 aliphatic carbocycles. The van der Waals surface area contributed by atoms with Crippen LogP contribution in [0.1, 0.15) is 17.3 Å². The standard InChI is InChI=1S/C25H22F2N2O5/c1-16(23(31)29-20-9-5-6-10-21(20)34-25(26)27)33-22(30)15-28-24(32)19-13-11-18(12-14-19)17-7-3-2-4-8-17/h2-14,16,25H,15H2,1H3,(H,28,32)(H,29,31). The van der Waals surface area contributed by atoms with E-state index in [4.69, 9.17) is 4.74 Å². The normalized spacial score (nSPS) is 11.4. The van der Waals surface area contributed by atoms with Crippen molar-refractivity contribution >= 4 is 23.5 Å². The number of nitrogens with one attached hydrogen (secondary N) is 2. The molecule has 0 aliphatic rings. The Hall–Kier alpha value is -4.27. The van der Waals surface area contributed by atoms with Crippen LogP contribution in [0.25, 0.3) is 11.1 Å². The predicted molar refractivity (Wildman–Crippen MR) is 121 cm³/mol. The summed E-state index contributed by atoms with van der Waals surface area (Å²) in [5, 5.41) is 4.80. The number of hydrogen-bond donors (Lipinski definition) is 2. The number of amides is 2. The number of anilines is 1. The van der Waals surface area contributed by atoms with Crippen LogP contribution in [0.2, 0.25) is 0 Å². The fourth-order valence-corrected chi connectivity index (χ4v) is 2.99. The second-order valence-corrected chi connectivity index (χ2v) is 7.12. The van der Waals surface area contributed by atoms with Crippen molar-refractivity contribution in [1.29, 1.82) is 0 Å². The summed E-state index contributed by atoms with van der Waals surface area (Å²) in [7, 11) is 0. The Bertz CT molecular complexity index is 1140. The number of alkyl halides is 2. The van der Waals surface area contributed by atoms with Crippen molar-refractivity contribution in [3.63, 3.8) is 0 Å². The van der Waals surface area contributed by atoms with Gasteiger partial charge in [-0.25, -0.2) is 0 Å². The van der Waals surface area contributed by atoms with E-state index in [0.717, 1.165) is 11.1 Å². The summed E-state index contributed by atoms with van der Waals surface area (Å²) in [5.41, 5.74) is 2.31. The van der Waals surface area contributed by atoms with Crippen molar-refractivity contribution < 1.29 is 32.6 Å². The smallest absolute Gasteiger partial charge is 0.387 e. The molecule has 7 nitrogen and oxygen atoms in total. The van der Waals surface area contributed by atoms with Gasteiger partial charge >= 0.3 is 12.6 Å². The van der Waals surface area contributed by atoms with Gasteiger partial charge in [-0.2, -0.15) is 8.78 Å². The van der Waals surface area contributed by atoms with Gasteiger partial charge in [-0.1, -0.05) is 54.6 Å². The third-order valence-electron chi connectivity index (χ3n) is 4.69. The summed E-state index contributed by atoms with van der Waals surface area (Å²) in [6, 6.07) is 22.1. The average molecular weight is 468 g/mol. The van der Waals surface area contributed by atoms with Crippen LogP contribution >= 0.6 is 0 Å². The maximum Gasteiger partial charge on any atom is 0.387 e. The third-order valence-corrected chi connectivity index (χ3v) is 4.69. The highest BCUT2D eigenvalue weighted by Gasteiger charge is 2.20. The molecule has 3 aromatic carbocycles. The lowest BCUT2D eigenvalue weighted by Gasteiger charge is -2.16. The monoisotopic (exact) mass is 468 g/mol. The number of carbonyl (C=O) groups excluding carboxylic acids is 3. The maximum absolute atomic E-state index is 12.5. The van der Waals surface area contributed by atoms with E-state index in [1.165, 1.54) is 31.2 Å². The number of ether oxygens (including phenoxy) is 2. The summed E-state index contributed by atoms with van der Waals surface area (Å²) < 4.78 is 34.4. The number of esters is 1. The molecule has 3 aromatic rings. The minimum absolute atomic E-state index is 0.00273. The Morgan fingerprint density at radius 2 is 1.47 bits per heavy atom. The highest BCUT2D eigenvalue weighted by atomic mass is 19.3. The lowest BCUT2D eigenvalue weighted by molar-refractivity contribution is -0.152. The van der Waals surface area contributed by atoms with E-state index >= 15 is 0 Å². The van der Waals surface area contributed by atoms with Crippen molar-refractivity contribution in [2.24, 2.45) is 0 Å². The van der Waals surface area contributed by atoms with Gasteiger partial charge in [0.2, 0.25) is 0 Å². The fourth-order valence-electron chi connectivity index (χ4n) is 2.99. The first-order chi connectivity index (χ1) is 16.3. The molecule has 0 saturated heterocycles. The molecule has 0 aliphatic heterocycles. The van der Waals surface area contributed by atoms with E-state index in [1.54, 1.807) is 24.3 Å². The molecule has 2 amide bonds. The van der Waals surface area contributed by atoms with Crippen molar-refractivity contribution in [3.8, 4) is 16.9 Å². The van der Waals surface area contributed by atoms with Crippen molar-refractivity contribution in [1.82, 2.24) is 5.32 Å². The van der Waals surface area contributed by atoms with Gasteiger partial charge in [0.05, 0.1) is 5.69 Å². The molecular weight excluding hydrogens is 446 g/mol. The summed E-state index contributed by atoms with van der Waals surface area (Å²) in [6.45, 7) is -2.21. The third kappa shape index (κ3) is 6.86. The van der Waals surface area contributed by atoms with E-state index in [0.29, 0.717) is 5.56 Å². The molecule has 3 rings (SSSR count). The fraction of sp³-hybridized carbons (Fsp3) is 0.160. The van der Waals surface area contributed by atoms with Crippen LogP contribution < -0.4 is 15.4 Å². The Kier molecular flexibility index (Phi) is 8.28. The number of hydrogen-bond acceptors (Lipinski definition) is 5. The molecular formula is C25H22F2N2O5. The molecule has 2 N–H and O–H groups in total. The Morgan fingerprint density at radius 1 is 0.853 bits per heavy atom. The van der Waals surface area contributed by atoms with Crippen molar-refractivity contribution in [2.75, 3.05) is 11.9 Å². The molecule has 0 aromatic heterocycles. The van der Waals surface area contributed by atoms with Crippen molar-refractivity contribution in [2.45, 2.75) is 19.6 Å². The Labute approximate surface area is 194 Å². The van der Waals surface area contributed by atoms with Gasteiger partial charge in [0.15, 0.2) is 6.10 Å². The average Bonchev–Trinajstić information content (AvgIpc) is 2.84. The summed E-state index contributed by atoms with van der Waals surface area (Å²) in [4.78, 5) is 36.6. The number of para-hydroxylation sites is 2. The van der Waals surface area contributed by atoms with E-state index in [-0.39, 0.29) is 11.4 Å². The van der Waals surface area contributed by atoms with E-state index in [2.05, 4.69) is 15.4 Å². The zero-order valence-corrected chi connectivity index (χ0v) is 18.2. The van der Waals surface area contributed by atoms with Gasteiger partial charge in [0, 0.05) is 5.56 Å². The topological polar surface area (TPSA) is 93.7 Å².